The summed E-state index contributed by atoms with van der Waals surface area (Å²) < 4.78 is 18.7. The highest BCUT2D eigenvalue weighted by molar-refractivity contribution is 6.17. The zero-order chi connectivity index (χ0) is 22.1. The highest BCUT2D eigenvalue weighted by Crippen LogP contribution is 2.10. The second-order valence-corrected chi connectivity index (χ2v) is 5.20. The summed E-state index contributed by atoms with van der Waals surface area (Å²) in [7, 11) is 0. The van der Waals surface area contributed by atoms with Gasteiger partial charge in [-0.25, -0.2) is 9.59 Å². The maximum atomic E-state index is 11.7. The topological polar surface area (TPSA) is 105 Å². The van der Waals surface area contributed by atoms with Crippen LogP contribution in [0, 0.1) is 0 Å². The summed E-state index contributed by atoms with van der Waals surface area (Å²) in [5.41, 5.74) is 0.651. The molecule has 0 aliphatic carbocycles. The maximum Gasteiger partial charge on any atom is 0.345 e. The van der Waals surface area contributed by atoms with Crippen molar-refractivity contribution >= 4 is 30.0 Å². The molecule has 29 heavy (non-hydrogen) atoms. The largest absolute Gasteiger partial charge is 0.466 e. The van der Waals surface area contributed by atoms with Gasteiger partial charge in [-0.2, -0.15) is 0 Å². The van der Waals surface area contributed by atoms with Gasteiger partial charge in [-0.1, -0.05) is 30.3 Å². The first-order valence-corrected chi connectivity index (χ1v) is 9.31. The molecule has 0 N–H and O–H groups in total. The van der Waals surface area contributed by atoms with E-state index in [2.05, 4.69) is 9.47 Å². The Morgan fingerprint density at radius 1 is 0.690 bits per heavy atom. The lowest BCUT2D eigenvalue weighted by Crippen LogP contribution is -2.18. The Hall–Kier alpha value is -3.16. The molecule has 0 bridgehead atoms. The number of carbonyl (C=O) groups is 4. The van der Waals surface area contributed by atoms with Gasteiger partial charge in [0.05, 0.1) is 26.4 Å². The Morgan fingerprint density at radius 2 is 1.10 bits per heavy atom. The molecule has 1 aromatic rings. The van der Waals surface area contributed by atoms with E-state index >= 15 is 0 Å². The molecule has 0 aliphatic rings. The SMILES string of the molecule is CCOC(=O)C(=Cc1ccccc1)C(=O)OCC.CCOC(=O)CC(=O)OCC. The van der Waals surface area contributed by atoms with E-state index in [4.69, 9.17) is 9.47 Å². The summed E-state index contributed by atoms with van der Waals surface area (Å²) in [5.74, 6) is -2.41. The van der Waals surface area contributed by atoms with Crippen LogP contribution in [0.15, 0.2) is 35.9 Å². The number of esters is 4. The minimum absolute atomic E-state index is 0.0927. The molecule has 0 aromatic heterocycles. The standard InChI is InChI=1S/C14H16O4.C7H12O4/c1-3-17-13(15)12(14(16)18-4-2)10-11-8-6-5-7-9-11;1-3-10-6(8)5-7(9)11-4-2/h5-10H,3-4H2,1-2H3;3-5H2,1-2H3. The monoisotopic (exact) mass is 408 g/mol. The van der Waals surface area contributed by atoms with E-state index in [0.29, 0.717) is 0 Å². The minimum atomic E-state index is -0.667. The Balaban J connectivity index is 0.000000614. The molecule has 8 heteroatoms. The number of hydrogen-bond acceptors (Lipinski definition) is 8. The lowest BCUT2D eigenvalue weighted by atomic mass is 10.1. The van der Waals surface area contributed by atoms with Crippen LogP contribution in [0.25, 0.3) is 6.08 Å². The molecule has 0 radical (unpaired) electrons. The van der Waals surface area contributed by atoms with Crippen LogP contribution in [0.4, 0.5) is 0 Å². The molecule has 0 heterocycles. The van der Waals surface area contributed by atoms with Crippen LogP contribution in [0.5, 0.6) is 0 Å². The average Bonchev–Trinajstić information content (AvgIpc) is 2.68. The second-order valence-electron chi connectivity index (χ2n) is 5.20. The fraction of sp³-hybridized carbons (Fsp3) is 0.429. The van der Waals surface area contributed by atoms with E-state index in [9.17, 15) is 19.2 Å². The van der Waals surface area contributed by atoms with Crippen LogP contribution in [0.3, 0.4) is 0 Å². The van der Waals surface area contributed by atoms with E-state index in [-0.39, 0.29) is 38.4 Å². The van der Waals surface area contributed by atoms with Crippen molar-refractivity contribution in [2.24, 2.45) is 0 Å². The highest BCUT2D eigenvalue weighted by atomic mass is 16.6. The van der Waals surface area contributed by atoms with E-state index in [1.54, 1.807) is 39.8 Å². The third kappa shape index (κ3) is 12.0. The molecule has 0 aliphatic heterocycles. The minimum Gasteiger partial charge on any atom is -0.466 e. The molecule has 8 nitrogen and oxygen atoms in total. The molecule has 0 atom stereocenters. The van der Waals surface area contributed by atoms with Crippen molar-refractivity contribution in [3.05, 3.63) is 41.5 Å². The molecule has 160 valence electrons. The van der Waals surface area contributed by atoms with Crippen molar-refractivity contribution < 1.29 is 38.1 Å². The van der Waals surface area contributed by atoms with Gasteiger partial charge in [-0.15, -0.1) is 0 Å². The van der Waals surface area contributed by atoms with Crippen LogP contribution < -0.4 is 0 Å². The highest BCUT2D eigenvalue weighted by Gasteiger charge is 2.20. The summed E-state index contributed by atoms with van der Waals surface area (Å²) in [4.78, 5) is 44.6. The van der Waals surface area contributed by atoms with Gasteiger partial charge >= 0.3 is 23.9 Å². The molecular formula is C21H28O8. The maximum absolute atomic E-state index is 11.7. The molecule has 0 unspecified atom stereocenters. The number of rotatable bonds is 9. The summed E-state index contributed by atoms with van der Waals surface area (Å²) in [5, 5.41) is 0. The van der Waals surface area contributed by atoms with Crippen molar-refractivity contribution in [2.75, 3.05) is 26.4 Å². The predicted molar refractivity (Wildman–Crippen MR) is 106 cm³/mol. The third-order valence-electron chi connectivity index (χ3n) is 3.00. The van der Waals surface area contributed by atoms with Gasteiger partial charge in [0.1, 0.15) is 12.0 Å². The summed E-state index contributed by atoms with van der Waals surface area (Å²) in [6.45, 7) is 7.74. The molecule has 1 rings (SSSR count). The first-order chi connectivity index (χ1) is 13.9. The normalized spacial score (nSPS) is 9.24. The lowest BCUT2D eigenvalue weighted by Gasteiger charge is -2.06. The fourth-order valence-electron chi connectivity index (χ4n) is 1.88. The Labute approximate surface area is 170 Å². The van der Waals surface area contributed by atoms with Crippen LogP contribution in [-0.2, 0) is 38.1 Å². The smallest absolute Gasteiger partial charge is 0.345 e. The van der Waals surface area contributed by atoms with Crippen molar-refractivity contribution in [3.8, 4) is 0 Å². The predicted octanol–water partition coefficient (Wildman–Crippen LogP) is 2.70. The van der Waals surface area contributed by atoms with Crippen LogP contribution in [0.2, 0.25) is 0 Å². The van der Waals surface area contributed by atoms with E-state index < -0.39 is 23.9 Å². The van der Waals surface area contributed by atoms with E-state index in [1.807, 2.05) is 18.2 Å². The Bertz CT molecular complexity index is 643. The number of carbonyl (C=O) groups excluding carboxylic acids is 4. The van der Waals surface area contributed by atoms with Gasteiger partial charge in [0, 0.05) is 0 Å². The first kappa shape index (κ1) is 25.8. The zero-order valence-corrected chi connectivity index (χ0v) is 17.3. The average molecular weight is 408 g/mol. The molecule has 0 saturated carbocycles. The van der Waals surface area contributed by atoms with E-state index in [0.717, 1.165) is 5.56 Å². The van der Waals surface area contributed by atoms with E-state index in [1.165, 1.54) is 6.08 Å². The Kier molecular flexibility index (Phi) is 14.1. The summed E-state index contributed by atoms with van der Waals surface area (Å²) in [6, 6.07) is 9.07. The van der Waals surface area contributed by atoms with Crippen LogP contribution >= 0.6 is 0 Å². The van der Waals surface area contributed by atoms with Crippen molar-refractivity contribution in [3.63, 3.8) is 0 Å². The number of hydrogen-bond donors (Lipinski definition) is 0. The van der Waals surface area contributed by atoms with Crippen LogP contribution in [-0.4, -0.2) is 50.3 Å². The van der Waals surface area contributed by atoms with Crippen molar-refractivity contribution in [2.45, 2.75) is 34.1 Å². The Morgan fingerprint density at radius 3 is 1.48 bits per heavy atom. The molecule has 0 saturated heterocycles. The van der Waals surface area contributed by atoms with Crippen molar-refractivity contribution in [1.82, 2.24) is 0 Å². The number of benzene rings is 1. The molecular weight excluding hydrogens is 380 g/mol. The molecule has 0 amide bonds. The zero-order valence-electron chi connectivity index (χ0n) is 17.3. The van der Waals surface area contributed by atoms with Crippen molar-refractivity contribution in [1.29, 1.82) is 0 Å². The molecule has 0 fully saturated rings. The molecule has 0 spiro atoms. The summed E-state index contributed by atoms with van der Waals surface area (Å²) in [6.07, 6.45) is 1.18. The van der Waals surface area contributed by atoms with Gasteiger partial charge in [0.15, 0.2) is 0 Å². The van der Waals surface area contributed by atoms with Gasteiger partial charge in [0.2, 0.25) is 0 Å². The third-order valence-corrected chi connectivity index (χ3v) is 3.00. The second kappa shape index (κ2) is 15.9. The van der Waals surface area contributed by atoms with Crippen LogP contribution in [0.1, 0.15) is 39.7 Å². The lowest BCUT2D eigenvalue weighted by molar-refractivity contribution is -0.154. The fourth-order valence-corrected chi connectivity index (χ4v) is 1.88. The summed E-state index contributed by atoms with van der Waals surface area (Å²) >= 11 is 0. The number of ether oxygens (including phenoxy) is 4. The first-order valence-electron chi connectivity index (χ1n) is 9.31. The quantitative estimate of drug-likeness (QED) is 0.202. The van der Waals surface area contributed by atoms with Gasteiger partial charge < -0.3 is 18.9 Å². The van der Waals surface area contributed by atoms with Gasteiger partial charge in [-0.3, -0.25) is 9.59 Å². The van der Waals surface area contributed by atoms with Gasteiger partial charge in [-0.05, 0) is 39.3 Å². The molecule has 1 aromatic carbocycles. The van der Waals surface area contributed by atoms with Gasteiger partial charge in [0.25, 0.3) is 0 Å².